The van der Waals surface area contributed by atoms with Crippen molar-refractivity contribution in [3.63, 3.8) is 0 Å². The second kappa shape index (κ2) is 9.05. The Morgan fingerprint density at radius 1 is 1.00 bits per heavy atom. The number of nitrogens with zero attached hydrogens (tertiary/aromatic N) is 3. The molecule has 1 aromatic carbocycles. The molecule has 0 atom stereocenters. The molecule has 178 valence electrons. The molecule has 1 saturated heterocycles. The maximum atomic E-state index is 13.3. The van der Waals surface area contributed by atoms with Crippen LogP contribution in [0.3, 0.4) is 0 Å². The first-order valence-corrected chi connectivity index (χ1v) is 12.5. The number of halogens is 5. The third-order valence-electron chi connectivity index (χ3n) is 5.76. The van der Waals surface area contributed by atoms with Crippen molar-refractivity contribution in [2.75, 3.05) is 13.1 Å². The SMILES string of the molecule is O=C(c1cc(Cl)nc(Cl)c1)N1CCC(N(C2CC2)S(=O)(=O)c2cccc(C(F)(F)F)c2)CC1. The van der Waals surface area contributed by atoms with Crippen molar-refractivity contribution in [3.05, 3.63) is 57.8 Å². The number of carbonyl (C=O) groups excluding carboxylic acids is 1. The van der Waals surface area contributed by atoms with Crippen LogP contribution in [0.5, 0.6) is 0 Å². The first-order valence-electron chi connectivity index (χ1n) is 10.3. The summed E-state index contributed by atoms with van der Waals surface area (Å²) in [4.78, 5) is 17.8. The third-order valence-corrected chi connectivity index (χ3v) is 8.15. The quantitative estimate of drug-likeness (QED) is 0.526. The first kappa shape index (κ1) is 24.3. The molecule has 2 heterocycles. The maximum absolute atomic E-state index is 13.3. The summed E-state index contributed by atoms with van der Waals surface area (Å²) in [6.07, 6.45) is -2.59. The summed E-state index contributed by atoms with van der Waals surface area (Å²) < 4.78 is 67.4. The highest BCUT2D eigenvalue weighted by Crippen LogP contribution is 2.38. The number of sulfonamides is 1. The Labute approximate surface area is 199 Å². The topological polar surface area (TPSA) is 70.6 Å². The Morgan fingerprint density at radius 3 is 2.12 bits per heavy atom. The van der Waals surface area contributed by atoms with E-state index >= 15 is 0 Å². The number of rotatable bonds is 5. The molecular weight excluding hydrogens is 502 g/mol. The molecule has 2 aliphatic rings. The van der Waals surface area contributed by atoms with Crippen LogP contribution >= 0.6 is 23.2 Å². The zero-order valence-corrected chi connectivity index (χ0v) is 19.6. The number of benzene rings is 1. The highest BCUT2D eigenvalue weighted by atomic mass is 35.5. The van der Waals surface area contributed by atoms with Crippen LogP contribution in [0.25, 0.3) is 0 Å². The Morgan fingerprint density at radius 2 is 1.58 bits per heavy atom. The fraction of sp³-hybridized carbons (Fsp3) is 0.429. The van der Waals surface area contributed by atoms with Crippen LogP contribution in [0.4, 0.5) is 13.2 Å². The average Bonchev–Trinajstić information content (AvgIpc) is 3.57. The molecular formula is C21H20Cl2F3N3O3S. The third kappa shape index (κ3) is 5.29. The number of alkyl halides is 3. The number of carbonyl (C=O) groups is 1. The van der Waals surface area contributed by atoms with Gasteiger partial charge in [-0.1, -0.05) is 29.3 Å². The predicted molar refractivity (Wildman–Crippen MR) is 117 cm³/mol. The van der Waals surface area contributed by atoms with E-state index in [9.17, 15) is 26.4 Å². The van der Waals surface area contributed by atoms with Crippen molar-refractivity contribution in [1.29, 1.82) is 0 Å². The van der Waals surface area contributed by atoms with Crippen LogP contribution in [-0.4, -0.2) is 53.7 Å². The minimum Gasteiger partial charge on any atom is -0.339 e. The number of amides is 1. The normalized spacial score (nSPS) is 18.1. The lowest BCUT2D eigenvalue weighted by molar-refractivity contribution is -0.137. The van der Waals surface area contributed by atoms with Crippen LogP contribution in [0.2, 0.25) is 10.3 Å². The number of pyridine rings is 1. The molecule has 2 fully saturated rings. The van der Waals surface area contributed by atoms with Crippen molar-refractivity contribution >= 4 is 39.1 Å². The molecule has 4 rings (SSSR count). The molecule has 1 saturated carbocycles. The van der Waals surface area contributed by atoms with E-state index in [-0.39, 0.29) is 32.7 Å². The molecule has 0 radical (unpaired) electrons. The van der Waals surface area contributed by atoms with Crippen molar-refractivity contribution in [1.82, 2.24) is 14.2 Å². The van der Waals surface area contributed by atoms with Gasteiger partial charge in [0.15, 0.2) is 0 Å². The van der Waals surface area contributed by atoms with E-state index in [1.165, 1.54) is 22.5 Å². The van der Waals surface area contributed by atoms with Crippen molar-refractivity contribution < 1.29 is 26.4 Å². The van der Waals surface area contributed by atoms with Gasteiger partial charge in [0.1, 0.15) is 10.3 Å². The lowest BCUT2D eigenvalue weighted by Crippen LogP contribution is -2.49. The average molecular weight is 522 g/mol. The summed E-state index contributed by atoms with van der Waals surface area (Å²) in [6, 6.07) is 6.00. The van der Waals surface area contributed by atoms with Crippen LogP contribution in [0.15, 0.2) is 41.3 Å². The zero-order valence-electron chi connectivity index (χ0n) is 17.2. The van der Waals surface area contributed by atoms with Crippen LogP contribution in [0.1, 0.15) is 41.6 Å². The van der Waals surface area contributed by atoms with E-state index in [1.807, 2.05) is 0 Å². The number of hydrogen-bond donors (Lipinski definition) is 0. The number of piperidine rings is 1. The van der Waals surface area contributed by atoms with Gasteiger partial charge in [-0.25, -0.2) is 13.4 Å². The van der Waals surface area contributed by atoms with Gasteiger partial charge in [0.25, 0.3) is 5.91 Å². The predicted octanol–water partition coefficient (Wildman–Crippen LogP) is 4.87. The highest BCUT2D eigenvalue weighted by molar-refractivity contribution is 7.89. The summed E-state index contributed by atoms with van der Waals surface area (Å²) in [5.74, 6) is -0.293. The number of hydrogen-bond acceptors (Lipinski definition) is 4. The molecule has 1 aromatic heterocycles. The van der Waals surface area contributed by atoms with E-state index in [2.05, 4.69) is 4.98 Å². The number of likely N-dealkylation sites (tertiary alicyclic amines) is 1. The maximum Gasteiger partial charge on any atom is 0.416 e. The van der Waals surface area contributed by atoms with E-state index in [1.54, 1.807) is 4.90 Å². The molecule has 0 bridgehead atoms. The second-order valence-electron chi connectivity index (χ2n) is 8.12. The molecule has 12 heteroatoms. The van der Waals surface area contributed by atoms with Crippen LogP contribution in [-0.2, 0) is 16.2 Å². The molecule has 1 aliphatic heterocycles. The van der Waals surface area contributed by atoms with E-state index < -0.39 is 27.8 Å². The van der Waals surface area contributed by atoms with Gasteiger partial charge in [0, 0.05) is 30.7 Å². The summed E-state index contributed by atoms with van der Waals surface area (Å²) in [6.45, 7) is 0.588. The summed E-state index contributed by atoms with van der Waals surface area (Å²) in [5, 5.41) is 0.181. The van der Waals surface area contributed by atoms with Crippen molar-refractivity contribution in [3.8, 4) is 0 Å². The Kier molecular flexibility index (Phi) is 6.65. The van der Waals surface area contributed by atoms with Gasteiger partial charge in [0.05, 0.1) is 10.5 Å². The lowest BCUT2D eigenvalue weighted by Gasteiger charge is -2.38. The van der Waals surface area contributed by atoms with Gasteiger partial charge in [-0.15, -0.1) is 0 Å². The van der Waals surface area contributed by atoms with E-state index in [4.69, 9.17) is 23.2 Å². The molecule has 1 amide bonds. The summed E-state index contributed by atoms with van der Waals surface area (Å²) >= 11 is 11.8. The second-order valence-corrected chi connectivity index (χ2v) is 10.7. The van der Waals surface area contributed by atoms with Gasteiger partial charge in [-0.05, 0) is 56.0 Å². The lowest BCUT2D eigenvalue weighted by atomic mass is 10.0. The molecule has 33 heavy (non-hydrogen) atoms. The van der Waals surface area contributed by atoms with Gasteiger partial charge in [0.2, 0.25) is 10.0 Å². The van der Waals surface area contributed by atoms with E-state index in [0.29, 0.717) is 44.8 Å². The minimum absolute atomic E-state index is 0.0906. The summed E-state index contributed by atoms with van der Waals surface area (Å²) in [5.41, 5.74) is -0.719. The molecule has 2 aromatic rings. The Hall–Kier alpha value is -1.88. The van der Waals surface area contributed by atoms with Crippen LogP contribution < -0.4 is 0 Å². The Bertz CT molecular complexity index is 1140. The van der Waals surface area contributed by atoms with Crippen molar-refractivity contribution in [2.45, 2.75) is 48.8 Å². The highest BCUT2D eigenvalue weighted by Gasteiger charge is 2.44. The minimum atomic E-state index is -4.64. The smallest absolute Gasteiger partial charge is 0.339 e. The van der Waals surface area contributed by atoms with Gasteiger partial charge in [-0.3, -0.25) is 4.79 Å². The van der Waals surface area contributed by atoms with Gasteiger partial charge < -0.3 is 4.90 Å². The first-order chi connectivity index (χ1) is 15.5. The van der Waals surface area contributed by atoms with Gasteiger partial charge in [-0.2, -0.15) is 17.5 Å². The van der Waals surface area contributed by atoms with Gasteiger partial charge >= 0.3 is 6.18 Å². The molecule has 6 nitrogen and oxygen atoms in total. The fourth-order valence-electron chi connectivity index (χ4n) is 4.07. The monoisotopic (exact) mass is 521 g/mol. The molecule has 0 N–H and O–H groups in total. The largest absolute Gasteiger partial charge is 0.416 e. The molecule has 1 aliphatic carbocycles. The standard InChI is InChI=1S/C21H20Cl2F3N3O3S/c22-18-10-13(11-19(23)27-18)20(30)28-8-6-16(7-9-28)29(15-4-5-15)33(31,32)17-3-1-2-14(12-17)21(24,25)26/h1-3,10-12,15-16H,4-9H2. The van der Waals surface area contributed by atoms with E-state index in [0.717, 1.165) is 12.1 Å². The molecule has 0 spiro atoms. The fourth-order valence-corrected chi connectivity index (χ4v) is 6.51. The number of aromatic nitrogens is 1. The Balaban J connectivity index is 1.52. The summed E-state index contributed by atoms with van der Waals surface area (Å²) in [7, 11) is -4.13. The zero-order chi connectivity index (χ0) is 24.0. The van der Waals surface area contributed by atoms with Crippen molar-refractivity contribution in [2.24, 2.45) is 0 Å². The van der Waals surface area contributed by atoms with Crippen LogP contribution in [0, 0.1) is 0 Å². The molecule has 0 unspecified atom stereocenters.